The molecule has 0 spiro atoms. The van der Waals surface area contributed by atoms with E-state index in [2.05, 4.69) is 15.4 Å². The number of benzene rings is 1. The van der Waals surface area contributed by atoms with Crippen molar-refractivity contribution in [3.63, 3.8) is 0 Å². The molecule has 0 radical (unpaired) electrons. The summed E-state index contributed by atoms with van der Waals surface area (Å²) >= 11 is 0. The molecule has 2 heterocycles. The molecule has 0 bridgehead atoms. The first-order valence-corrected chi connectivity index (χ1v) is 7.49. The van der Waals surface area contributed by atoms with Gasteiger partial charge in [-0.15, -0.1) is 0 Å². The summed E-state index contributed by atoms with van der Waals surface area (Å²) in [5.41, 5.74) is 1.58. The van der Waals surface area contributed by atoms with E-state index in [9.17, 15) is 14.4 Å². The number of amides is 1. The highest BCUT2D eigenvalue weighted by Gasteiger charge is 2.19. The van der Waals surface area contributed by atoms with Crippen LogP contribution < -0.4 is 10.9 Å². The average molecular weight is 324 g/mol. The Morgan fingerprint density at radius 1 is 1.21 bits per heavy atom. The summed E-state index contributed by atoms with van der Waals surface area (Å²) in [6.45, 7) is 2.12. The third-order valence-corrected chi connectivity index (χ3v) is 3.65. The van der Waals surface area contributed by atoms with Crippen molar-refractivity contribution in [3.8, 4) is 0 Å². The fraction of sp³-hybridized carbons (Fsp3) is 0.176. The second kappa shape index (κ2) is 6.49. The maximum atomic E-state index is 12.3. The maximum Gasteiger partial charge on any atom is 0.292 e. The molecule has 0 aliphatic heterocycles. The predicted molar refractivity (Wildman–Crippen MR) is 88.9 cm³/mol. The Morgan fingerprint density at radius 3 is 2.83 bits per heavy atom. The van der Waals surface area contributed by atoms with E-state index in [0.717, 1.165) is 5.52 Å². The third-order valence-electron chi connectivity index (χ3n) is 3.65. The molecular formula is C17H16N4O3. The van der Waals surface area contributed by atoms with Crippen LogP contribution in [0.15, 0.2) is 47.4 Å². The number of H-pyrrole nitrogens is 1. The second-order valence-electron chi connectivity index (χ2n) is 5.37. The number of rotatable bonds is 5. The minimum Gasteiger partial charge on any atom is -0.360 e. The van der Waals surface area contributed by atoms with Crippen molar-refractivity contribution in [2.75, 3.05) is 6.54 Å². The number of aryl methyl sites for hydroxylation is 1. The number of carbonyl (C=O) groups excluding carboxylic acids is 2. The van der Waals surface area contributed by atoms with E-state index in [1.165, 1.54) is 16.9 Å². The number of hydrogen-bond donors (Lipinski definition) is 2. The van der Waals surface area contributed by atoms with Crippen molar-refractivity contribution in [2.24, 2.45) is 0 Å². The van der Waals surface area contributed by atoms with Gasteiger partial charge in [0.2, 0.25) is 0 Å². The van der Waals surface area contributed by atoms with E-state index in [4.69, 9.17) is 0 Å². The van der Waals surface area contributed by atoms with E-state index in [1.807, 2.05) is 12.1 Å². The lowest BCUT2D eigenvalue weighted by atomic mass is 10.1. The van der Waals surface area contributed by atoms with Gasteiger partial charge in [0.1, 0.15) is 0 Å². The molecule has 3 rings (SSSR count). The van der Waals surface area contributed by atoms with E-state index in [0.29, 0.717) is 16.6 Å². The fourth-order valence-electron chi connectivity index (χ4n) is 2.45. The number of fused-ring (bicyclic) bond motifs is 1. The van der Waals surface area contributed by atoms with Crippen LogP contribution in [0, 0.1) is 6.92 Å². The number of aromatic nitrogens is 3. The van der Waals surface area contributed by atoms with Gasteiger partial charge in [-0.05, 0) is 19.1 Å². The summed E-state index contributed by atoms with van der Waals surface area (Å²) in [5.74, 6) is -1.32. The minimum absolute atomic E-state index is 0.142. The molecule has 7 nitrogen and oxygen atoms in total. The number of nitrogens with one attached hydrogen (secondary N) is 2. The molecule has 2 N–H and O–H groups in total. The van der Waals surface area contributed by atoms with Gasteiger partial charge in [-0.2, -0.15) is 5.10 Å². The normalized spacial score (nSPS) is 10.7. The molecule has 7 heteroatoms. The molecular weight excluding hydrogens is 308 g/mol. The Kier molecular flexibility index (Phi) is 4.24. The lowest BCUT2D eigenvalue weighted by Crippen LogP contribution is -2.35. The Labute approximate surface area is 137 Å². The van der Waals surface area contributed by atoms with Crippen LogP contribution in [0.2, 0.25) is 0 Å². The zero-order chi connectivity index (χ0) is 17.1. The van der Waals surface area contributed by atoms with E-state index < -0.39 is 11.7 Å². The summed E-state index contributed by atoms with van der Waals surface area (Å²) in [6, 6.07) is 10.3. The molecule has 0 fully saturated rings. The first-order chi connectivity index (χ1) is 11.6. The van der Waals surface area contributed by atoms with Crippen LogP contribution in [0.4, 0.5) is 0 Å². The molecule has 2 aromatic heterocycles. The summed E-state index contributed by atoms with van der Waals surface area (Å²) < 4.78 is 1.26. The second-order valence-corrected chi connectivity index (χ2v) is 5.37. The van der Waals surface area contributed by atoms with Crippen LogP contribution in [-0.2, 0) is 11.3 Å². The van der Waals surface area contributed by atoms with E-state index in [1.54, 1.807) is 25.1 Å². The van der Waals surface area contributed by atoms with Crippen LogP contribution >= 0.6 is 0 Å². The molecule has 0 aliphatic rings. The third kappa shape index (κ3) is 3.10. The number of ketones is 1. The SMILES string of the molecule is Cc1ccc(=O)n(CCNC(=O)C(=O)c2c[nH]c3ccccc23)n1. The van der Waals surface area contributed by atoms with Crippen LogP contribution in [0.1, 0.15) is 16.1 Å². The topological polar surface area (TPSA) is 96.9 Å². The average Bonchev–Trinajstić information content (AvgIpc) is 3.01. The zero-order valence-corrected chi connectivity index (χ0v) is 13.1. The van der Waals surface area contributed by atoms with Crippen molar-refractivity contribution in [1.29, 1.82) is 0 Å². The van der Waals surface area contributed by atoms with Crippen LogP contribution in [0.5, 0.6) is 0 Å². The summed E-state index contributed by atoms with van der Waals surface area (Å²) in [6.07, 6.45) is 1.53. The Balaban J connectivity index is 1.66. The van der Waals surface area contributed by atoms with Gasteiger partial charge in [0.15, 0.2) is 0 Å². The maximum absolute atomic E-state index is 12.3. The van der Waals surface area contributed by atoms with Crippen molar-refractivity contribution >= 4 is 22.6 Å². The van der Waals surface area contributed by atoms with E-state index in [-0.39, 0.29) is 18.6 Å². The van der Waals surface area contributed by atoms with Crippen LogP contribution in [0.3, 0.4) is 0 Å². The first-order valence-electron chi connectivity index (χ1n) is 7.49. The van der Waals surface area contributed by atoms with Gasteiger partial charge < -0.3 is 10.3 Å². The summed E-state index contributed by atoms with van der Waals surface area (Å²) in [7, 11) is 0. The molecule has 0 saturated heterocycles. The summed E-state index contributed by atoms with van der Waals surface area (Å²) in [5, 5.41) is 7.30. The highest BCUT2D eigenvalue weighted by Crippen LogP contribution is 2.17. The highest BCUT2D eigenvalue weighted by atomic mass is 16.2. The van der Waals surface area contributed by atoms with Gasteiger partial charge in [0.25, 0.3) is 17.2 Å². The highest BCUT2D eigenvalue weighted by molar-refractivity contribution is 6.44. The molecule has 24 heavy (non-hydrogen) atoms. The molecule has 0 atom stereocenters. The van der Waals surface area contributed by atoms with Gasteiger partial charge >= 0.3 is 0 Å². The quantitative estimate of drug-likeness (QED) is 0.541. The van der Waals surface area contributed by atoms with Crippen molar-refractivity contribution in [1.82, 2.24) is 20.1 Å². The standard InChI is InChI=1S/C17H16N4O3/c1-11-6-7-15(22)21(20-11)9-8-18-17(24)16(23)13-10-19-14-5-3-2-4-12(13)14/h2-7,10,19H,8-9H2,1H3,(H,18,24). The van der Waals surface area contributed by atoms with Gasteiger partial charge in [-0.3, -0.25) is 14.4 Å². The van der Waals surface area contributed by atoms with Crippen LogP contribution in [-0.4, -0.2) is 33.0 Å². The largest absolute Gasteiger partial charge is 0.360 e. The van der Waals surface area contributed by atoms with Gasteiger partial charge in [-0.1, -0.05) is 18.2 Å². The Bertz CT molecular complexity index is 971. The molecule has 0 saturated carbocycles. The summed E-state index contributed by atoms with van der Waals surface area (Å²) in [4.78, 5) is 38.9. The lowest BCUT2D eigenvalue weighted by Gasteiger charge is -2.06. The number of para-hydroxylation sites is 1. The predicted octanol–water partition coefficient (Wildman–Crippen LogP) is 1.03. The lowest BCUT2D eigenvalue weighted by molar-refractivity contribution is -0.117. The number of aromatic amines is 1. The molecule has 0 aliphatic carbocycles. The molecule has 1 amide bonds. The van der Waals surface area contributed by atoms with Crippen molar-refractivity contribution in [3.05, 3.63) is 64.2 Å². The Morgan fingerprint density at radius 2 is 2.00 bits per heavy atom. The smallest absolute Gasteiger partial charge is 0.292 e. The number of nitrogens with zero attached hydrogens (tertiary/aromatic N) is 2. The van der Waals surface area contributed by atoms with Gasteiger partial charge in [-0.25, -0.2) is 4.68 Å². The number of carbonyl (C=O) groups is 2. The zero-order valence-electron chi connectivity index (χ0n) is 13.1. The van der Waals surface area contributed by atoms with Crippen molar-refractivity contribution < 1.29 is 9.59 Å². The monoisotopic (exact) mass is 324 g/mol. The molecule has 122 valence electrons. The van der Waals surface area contributed by atoms with E-state index >= 15 is 0 Å². The minimum atomic E-state index is -0.708. The number of hydrogen-bond acceptors (Lipinski definition) is 4. The van der Waals surface area contributed by atoms with Gasteiger partial charge in [0, 0.05) is 29.7 Å². The Hall–Kier alpha value is -3.22. The molecule has 0 unspecified atom stereocenters. The van der Waals surface area contributed by atoms with Crippen LogP contribution in [0.25, 0.3) is 10.9 Å². The van der Waals surface area contributed by atoms with Gasteiger partial charge in [0.05, 0.1) is 17.8 Å². The fourth-order valence-corrected chi connectivity index (χ4v) is 2.45. The molecule has 1 aromatic carbocycles. The molecule has 3 aromatic rings. The first kappa shape index (κ1) is 15.7. The number of Topliss-reactive ketones (excluding diaryl/α,β-unsaturated/α-hetero) is 1. The van der Waals surface area contributed by atoms with Crippen molar-refractivity contribution in [2.45, 2.75) is 13.5 Å².